The zero-order valence-electron chi connectivity index (χ0n) is 12.1. The van der Waals surface area contributed by atoms with Gasteiger partial charge in [-0.2, -0.15) is 17.0 Å². The maximum Gasteiger partial charge on any atom is 0.451 e. The molecule has 1 fully saturated rings. The van der Waals surface area contributed by atoms with E-state index < -0.39 is 34.8 Å². The zero-order valence-corrected chi connectivity index (χ0v) is 13.0. The predicted octanol–water partition coefficient (Wildman–Crippen LogP) is -2.24. The summed E-state index contributed by atoms with van der Waals surface area (Å²) in [5, 5.41) is 26.9. The van der Waals surface area contributed by atoms with Crippen molar-refractivity contribution in [2.45, 2.75) is 24.7 Å². The number of rotatable bonds is 7. The van der Waals surface area contributed by atoms with Crippen LogP contribution in [-0.2, 0) is 15.0 Å². The lowest BCUT2D eigenvalue weighted by molar-refractivity contribution is -0.144. The minimum atomic E-state index is -3.73. The highest BCUT2D eigenvalue weighted by Crippen LogP contribution is 2.32. The van der Waals surface area contributed by atoms with Crippen molar-refractivity contribution in [1.82, 2.24) is 8.61 Å². The predicted molar refractivity (Wildman–Crippen MR) is 76.5 cm³/mol. The van der Waals surface area contributed by atoms with E-state index >= 15 is 0 Å². The number of nitrogens with zero attached hydrogens (tertiary/aromatic N) is 2. The van der Waals surface area contributed by atoms with E-state index in [9.17, 15) is 18.3 Å². The van der Waals surface area contributed by atoms with Crippen LogP contribution in [0.3, 0.4) is 0 Å². The summed E-state index contributed by atoms with van der Waals surface area (Å²) in [7, 11) is -2.47. The number of carboxylic acids is 1. The van der Waals surface area contributed by atoms with Gasteiger partial charge in [-0.15, -0.1) is 0 Å². The standard InChI is InChI=1S/C10H22BN3O6S/c1-13(2)21(19,20)14-6-8(4-3-5-11(17)18)10(12,7-14)9(15)16/h8,17-18H,3-7,12H2,1-2H3,(H,15,16). The van der Waals surface area contributed by atoms with E-state index in [-0.39, 0.29) is 19.4 Å². The maximum absolute atomic E-state index is 12.1. The monoisotopic (exact) mass is 323 g/mol. The topological polar surface area (TPSA) is 144 Å². The molecule has 11 heteroatoms. The van der Waals surface area contributed by atoms with Gasteiger partial charge >= 0.3 is 13.1 Å². The Morgan fingerprint density at radius 1 is 1.48 bits per heavy atom. The van der Waals surface area contributed by atoms with Crippen molar-refractivity contribution >= 4 is 23.3 Å². The molecule has 5 N–H and O–H groups in total. The number of aliphatic carboxylic acids is 1. The van der Waals surface area contributed by atoms with E-state index in [1.165, 1.54) is 14.1 Å². The Bertz CT molecular complexity index is 485. The summed E-state index contributed by atoms with van der Waals surface area (Å²) in [6.07, 6.45) is 0.747. The molecule has 122 valence electrons. The average molecular weight is 323 g/mol. The highest BCUT2D eigenvalue weighted by molar-refractivity contribution is 7.86. The molecule has 0 saturated carbocycles. The van der Waals surface area contributed by atoms with Crippen LogP contribution in [0.2, 0.25) is 6.32 Å². The Morgan fingerprint density at radius 2 is 2.05 bits per heavy atom. The number of carboxylic acid groups (broad SMARTS) is 1. The van der Waals surface area contributed by atoms with Crippen LogP contribution in [-0.4, -0.2) is 78.0 Å². The van der Waals surface area contributed by atoms with E-state index in [2.05, 4.69) is 0 Å². The summed E-state index contributed by atoms with van der Waals surface area (Å²) in [5.74, 6) is -1.84. The molecule has 1 aliphatic rings. The lowest BCUT2D eigenvalue weighted by Crippen LogP contribution is -2.55. The van der Waals surface area contributed by atoms with Crippen molar-refractivity contribution in [2.24, 2.45) is 11.7 Å². The number of hydrogen-bond donors (Lipinski definition) is 4. The average Bonchev–Trinajstić information content (AvgIpc) is 2.68. The molecule has 0 radical (unpaired) electrons. The second kappa shape index (κ2) is 6.59. The normalized spacial score (nSPS) is 27.2. The third-order valence-corrected chi connectivity index (χ3v) is 5.64. The third-order valence-electron chi connectivity index (χ3n) is 3.79. The summed E-state index contributed by atoms with van der Waals surface area (Å²) in [4.78, 5) is 11.4. The summed E-state index contributed by atoms with van der Waals surface area (Å²) in [6.45, 7) is -0.292. The van der Waals surface area contributed by atoms with Crippen molar-refractivity contribution in [1.29, 1.82) is 0 Å². The van der Waals surface area contributed by atoms with Crippen LogP contribution in [0, 0.1) is 5.92 Å². The lowest BCUT2D eigenvalue weighted by atomic mass is 9.78. The van der Waals surface area contributed by atoms with E-state index in [0.29, 0.717) is 12.8 Å². The van der Waals surface area contributed by atoms with Crippen LogP contribution < -0.4 is 5.73 Å². The quantitative estimate of drug-likeness (QED) is 0.388. The van der Waals surface area contributed by atoms with Gasteiger partial charge in [0.2, 0.25) is 0 Å². The van der Waals surface area contributed by atoms with E-state index in [1.807, 2.05) is 0 Å². The van der Waals surface area contributed by atoms with Crippen molar-refractivity contribution < 1.29 is 28.4 Å². The molecule has 0 aromatic rings. The molecule has 0 aromatic carbocycles. The van der Waals surface area contributed by atoms with Gasteiger partial charge in [0, 0.05) is 33.1 Å². The van der Waals surface area contributed by atoms with Crippen LogP contribution in [0.1, 0.15) is 12.8 Å². The summed E-state index contributed by atoms with van der Waals surface area (Å²) >= 11 is 0. The second-order valence-corrected chi connectivity index (χ2v) is 7.68. The highest BCUT2D eigenvalue weighted by atomic mass is 32.2. The molecule has 2 atom stereocenters. The fourth-order valence-electron chi connectivity index (χ4n) is 2.44. The zero-order chi connectivity index (χ0) is 16.4. The smallest absolute Gasteiger partial charge is 0.451 e. The highest BCUT2D eigenvalue weighted by Gasteiger charge is 2.52. The van der Waals surface area contributed by atoms with Gasteiger partial charge < -0.3 is 20.9 Å². The minimum absolute atomic E-state index is 0.00480. The molecule has 1 rings (SSSR count). The van der Waals surface area contributed by atoms with Crippen LogP contribution >= 0.6 is 0 Å². The van der Waals surface area contributed by atoms with Crippen molar-refractivity contribution in [2.75, 3.05) is 27.2 Å². The fraction of sp³-hybridized carbons (Fsp3) is 0.900. The van der Waals surface area contributed by atoms with E-state index in [0.717, 1.165) is 8.61 Å². The van der Waals surface area contributed by atoms with Crippen molar-refractivity contribution in [3.8, 4) is 0 Å². The lowest BCUT2D eigenvalue weighted by Gasteiger charge is -2.25. The molecule has 2 unspecified atom stereocenters. The molecule has 21 heavy (non-hydrogen) atoms. The van der Waals surface area contributed by atoms with Gasteiger partial charge in [-0.05, 0) is 12.7 Å². The number of carbonyl (C=O) groups is 1. The van der Waals surface area contributed by atoms with Gasteiger partial charge in [-0.1, -0.05) is 6.42 Å². The second-order valence-electron chi connectivity index (χ2n) is 5.54. The molecule has 1 aliphatic heterocycles. The third kappa shape index (κ3) is 3.93. The largest absolute Gasteiger partial charge is 0.480 e. The van der Waals surface area contributed by atoms with Gasteiger partial charge in [-0.25, -0.2) is 0 Å². The summed E-state index contributed by atoms with van der Waals surface area (Å²) < 4.78 is 26.3. The molecule has 0 aliphatic carbocycles. The van der Waals surface area contributed by atoms with Crippen LogP contribution in [0.4, 0.5) is 0 Å². The molecule has 1 saturated heterocycles. The first-order valence-electron chi connectivity index (χ1n) is 6.58. The maximum atomic E-state index is 12.1. The SMILES string of the molecule is CN(C)S(=O)(=O)N1CC(CCCB(O)O)C(N)(C(=O)O)C1. The molecule has 0 amide bonds. The fourth-order valence-corrected chi connectivity index (χ4v) is 3.65. The number of hydrogen-bond acceptors (Lipinski definition) is 6. The van der Waals surface area contributed by atoms with Crippen LogP contribution in [0.5, 0.6) is 0 Å². The summed E-state index contributed by atoms with van der Waals surface area (Å²) in [5.41, 5.74) is 4.24. The molecule has 0 aromatic heterocycles. The van der Waals surface area contributed by atoms with E-state index in [1.54, 1.807) is 0 Å². The Hall–Kier alpha value is -0.715. The van der Waals surface area contributed by atoms with Gasteiger partial charge in [0.25, 0.3) is 10.2 Å². The molecular weight excluding hydrogens is 301 g/mol. The molecular formula is C10H22BN3O6S. The van der Waals surface area contributed by atoms with Crippen molar-refractivity contribution in [3.63, 3.8) is 0 Å². The molecule has 0 bridgehead atoms. The first-order valence-corrected chi connectivity index (χ1v) is 7.97. The van der Waals surface area contributed by atoms with Crippen LogP contribution in [0.15, 0.2) is 0 Å². The molecule has 9 nitrogen and oxygen atoms in total. The van der Waals surface area contributed by atoms with Gasteiger partial charge in [0.05, 0.1) is 0 Å². The Morgan fingerprint density at radius 3 is 2.48 bits per heavy atom. The summed E-state index contributed by atoms with van der Waals surface area (Å²) in [6, 6.07) is 0. The first-order chi connectivity index (χ1) is 9.51. The Labute approximate surface area is 124 Å². The van der Waals surface area contributed by atoms with Gasteiger partial charge in [0.15, 0.2) is 0 Å². The van der Waals surface area contributed by atoms with E-state index in [4.69, 9.17) is 15.8 Å². The van der Waals surface area contributed by atoms with Gasteiger partial charge in [0.1, 0.15) is 5.54 Å². The van der Waals surface area contributed by atoms with Crippen molar-refractivity contribution in [3.05, 3.63) is 0 Å². The Balaban J connectivity index is 2.88. The molecule has 0 spiro atoms. The first kappa shape index (κ1) is 18.3. The minimum Gasteiger partial charge on any atom is -0.480 e. The molecule has 1 heterocycles. The van der Waals surface area contributed by atoms with Gasteiger partial charge in [-0.3, -0.25) is 4.79 Å². The Kier molecular flexibility index (Phi) is 5.75. The number of nitrogens with two attached hydrogens (primary N) is 1. The van der Waals surface area contributed by atoms with Crippen LogP contribution in [0.25, 0.3) is 0 Å².